The molecule has 1 atom stereocenters. The summed E-state index contributed by atoms with van der Waals surface area (Å²) < 4.78 is -0.264. The molecule has 0 saturated heterocycles. The monoisotopic (exact) mass is 820 g/mol. The molecule has 3 aliphatic rings. The van der Waals surface area contributed by atoms with Crippen molar-refractivity contribution in [2.75, 3.05) is 9.80 Å². The molecule has 8 aromatic rings. The largest absolute Gasteiger partial charge is 0.310 e. The quantitative estimate of drug-likeness (QED) is 0.129. The highest BCUT2D eigenvalue weighted by Gasteiger charge is 2.52. The summed E-state index contributed by atoms with van der Waals surface area (Å²) in [7, 11) is 0. The molecule has 0 saturated carbocycles. The third-order valence-electron chi connectivity index (χ3n) is 13.0. The van der Waals surface area contributed by atoms with E-state index in [-0.39, 0.29) is 14.3 Å². The molecule has 0 N–H and O–H groups in total. The van der Waals surface area contributed by atoms with E-state index in [0.717, 1.165) is 5.69 Å². The maximum Gasteiger partial charge on any atom is 0.0732 e. The number of halogens is 1. The van der Waals surface area contributed by atoms with Crippen LogP contribution in [0.2, 0.25) is 0 Å². The van der Waals surface area contributed by atoms with E-state index >= 15 is 0 Å². The molecule has 2 nitrogen and oxygen atoms in total. The van der Waals surface area contributed by atoms with Gasteiger partial charge in [-0.25, -0.2) is 0 Å². The number of rotatable bonds is 4. The normalized spacial score (nSPS) is 18.0. The molecule has 0 aromatic heterocycles. The van der Waals surface area contributed by atoms with E-state index in [0.29, 0.717) is 0 Å². The van der Waals surface area contributed by atoms with Crippen molar-refractivity contribution in [1.29, 1.82) is 0 Å². The first kappa shape index (κ1) is 33.0. The van der Waals surface area contributed by atoms with E-state index < -0.39 is 0 Å². The first-order valence-corrected chi connectivity index (χ1v) is 20.5. The second-order valence-electron chi connectivity index (χ2n) is 16.8. The van der Waals surface area contributed by atoms with Gasteiger partial charge in [-0.1, -0.05) is 172 Å². The summed E-state index contributed by atoms with van der Waals surface area (Å²) in [5.41, 5.74) is 18.0. The molecule has 55 heavy (non-hydrogen) atoms. The van der Waals surface area contributed by atoms with Crippen LogP contribution in [0, 0.1) is 0 Å². The van der Waals surface area contributed by atoms with E-state index in [2.05, 4.69) is 225 Å². The van der Waals surface area contributed by atoms with Crippen LogP contribution in [0.15, 0.2) is 158 Å². The van der Waals surface area contributed by atoms with Crippen molar-refractivity contribution in [3.8, 4) is 11.1 Å². The fraction of sp³-hybridized carbons (Fsp3) is 0.154. The van der Waals surface area contributed by atoms with Gasteiger partial charge in [-0.15, -0.1) is 0 Å². The topological polar surface area (TPSA) is 6.48 Å². The van der Waals surface area contributed by atoms with Crippen LogP contribution in [-0.2, 0) is 14.3 Å². The van der Waals surface area contributed by atoms with Crippen molar-refractivity contribution in [3.05, 3.63) is 191 Å². The summed E-state index contributed by atoms with van der Waals surface area (Å²) >= 11 is 2.76. The zero-order chi connectivity index (χ0) is 37.4. The van der Waals surface area contributed by atoms with Gasteiger partial charge in [0, 0.05) is 27.6 Å². The molecule has 11 rings (SSSR count). The number of hydrogen-bond donors (Lipinski definition) is 0. The van der Waals surface area contributed by atoms with Crippen LogP contribution in [0.5, 0.6) is 0 Å². The summed E-state index contributed by atoms with van der Waals surface area (Å²) in [6.07, 6.45) is 0. The zero-order valence-electron chi connectivity index (χ0n) is 31.8. The van der Waals surface area contributed by atoms with Gasteiger partial charge in [0.25, 0.3) is 0 Å². The third-order valence-corrected chi connectivity index (χ3v) is 14.2. The highest BCUT2D eigenvalue weighted by Crippen LogP contribution is 2.67. The highest BCUT2D eigenvalue weighted by molar-refractivity contribution is 14.1. The fourth-order valence-corrected chi connectivity index (χ4v) is 10.9. The molecule has 266 valence electrons. The van der Waals surface area contributed by atoms with Crippen molar-refractivity contribution in [3.63, 3.8) is 0 Å². The van der Waals surface area contributed by atoms with Gasteiger partial charge in [0.2, 0.25) is 0 Å². The van der Waals surface area contributed by atoms with E-state index in [9.17, 15) is 0 Å². The molecule has 0 spiro atoms. The molecule has 0 radical (unpaired) electrons. The first-order valence-electron chi connectivity index (χ1n) is 19.4. The maximum atomic E-state index is 2.76. The van der Waals surface area contributed by atoms with Crippen molar-refractivity contribution < 1.29 is 0 Å². The lowest BCUT2D eigenvalue weighted by molar-refractivity contribution is 0.589. The average Bonchev–Trinajstić information content (AvgIpc) is 3.20. The van der Waals surface area contributed by atoms with E-state index in [4.69, 9.17) is 0 Å². The molecule has 0 bridgehead atoms. The fourth-order valence-electron chi connectivity index (χ4n) is 10.1. The van der Waals surface area contributed by atoms with Gasteiger partial charge in [-0.05, 0) is 104 Å². The van der Waals surface area contributed by atoms with E-state index in [1.807, 2.05) is 0 Å². The van der Waals surface area contributed by atoms with Crippen molar-refractivity contribution in [1.82, 2.24) is 0 Å². The van der Waals surface area contributed by atoms with Gasteiger partial charge in [0.15, 0.2) is 0 Å². The molecule has 3 aliphatic heterocycles. The second kappa shape index (κ2) is 11.3. The summed E-state index contributed by atoms with van der Waals surface area (Å²) in [6, 6.07) is 59.1. The number of benzene rings is 8. The lowest BCUT2D eigenvalue weighted by atomic mass is 9.63. The molecular weight excluding hydrogens is 779 g/mol. The van der Waals surface area contributed by atoms with Gasteiger partial charge < -0.3 is 9.80 Å². The maximum absolute atomic E-state index is 2.76. The van der Waals surface area contributed by atoms with Gasteiger partial charge in [-0.3, -0.25) is 0 Å². The third kappa shape index (κ3) is 4.48. The number of fused-ring (bicyclic) bond motifs is 2. The molecule has 3 heteroatoms. The van der Waals surface area contributed by atoms with E-state index in [1.54, 1.807) is 0 Å². The smallest absolute Gasteiger partial charge is 0.0732 e. The summed E-state index contributed by atoms with van der Waals surface area (Å²) in [6.45, 7) is 12.1. The zero-order valence-corrected chi connectivity index (χ0v) is 33.9. The summed E-state index contributed by atoms with van der Waals surface area (Å²) in [5, 5.41) is 4.98. The Morgan fingerprint density at radius 1 is 0.418 bits per heavy atom. The molecule has 1 unspecified atom stereocenters. The highest BCUT2D eigenvalue weighted by atomic mass is 127. The minimum absolute atomic E-state index is 0.116. The SMILES string of the molecule is CC1(C)c2cccc3c2N2c4c1cccc4C(C)(I)c1cc(N(c4ccc(-c5ccc6ccccc6c5)cc4)c4cccc5ccccc45)cc(c12)C3(C)C. The van der Waals surface area contributed by atoms with Crippen LogP contribution in [0.3, 0.4) is 0 Å². The van der Waals surface area contributed by atoms with Crippen LogP contribution in [0.1, 0.15) is 68.0 Å². The van der Waals surface area contributed by atoms with Crippen molar-refractivity contribution in [2.45, 2.75) is 48.9 Å². The van der Waals surface area contributed by atoms with Gasteiger partial charge in [0.05, 0.1) is 26.2 Å². The lowest BCUT2D eigenvalue weighted by Crippen LogP contribution is -2.43. The Bertz CT molecular complexity index is 2820. The Hall–Kier alpha value is -5.39. The molecule has 8 aromatic carbocycles. The van der Waals surface area contributed by atoms with Gasteiger partial charge >= 0.3 is 0 Å². The molecule has 0 amide bonds. The average molecular weight is 821 g/mol. The van der Waals surface area contributed by atoms with Crippen LogP contribution in [0.25, 0.3) is 32.7 Å². The van der Waals surface area contributed by atoms with Crippen LogP contribution in [0.4, 0.5) is 34.1 Å². The van der Waals surface area contributed by atoms with Crippen LogP contribution >= 0.6 is 22.6 Å². The summed E-state index contributed by atoms with van der Waals surface area (Å²) in [5.74, 6) is 0. The Morgan fingerprint density at radius 3 is 1.67 bits per heavy atom. The Balaban J connectivity index is 1.17. The first-order chi connectivity index (χ1) is 26.5. The Labute approximate surface area is 337 Å². The number of alkyl halides is 1. The van der Waals surface area contributed by atoms with Crippen LogP contribution in [-0.4, -0.2) is 0 Å². The van der Waals surface area contributed by atoms with Crippen molar-refractivity contribution in [2.24, 2.45) is 0 Å². The van der Waals surface area contributed by atoms with Crippen molar-refractivity contribution >= 4 is 78.3 Å². The standard InChI is InChI=1S/C52H41IN2/c1-50(2)40-18-11-19-41-47(40)55-48-42(50)20-12-21-43(48)52(5,53)45-31-38(30-44(49(45)55)51(41,3)4)54(46-22-10-16-34-14-8-9-17-39(34)46)37-27-25-33(26-28-37)36-24-23-32-13-6-7-15-35(32)29-36/h6-31H,1-5H3. The molecular formula is C52H41IN2. The lowest BCUT2D eigenvalue weighted by Gasteiger charge is -2.54. The predicted molar refractivity (Wildman–Crippen MR) is 241 cm³/mol. The minimum Gasteiger partial charge on any atom is -0.310 e. The molecule has 0 fully saturated rings. The predicted octanol–water partition coefficient (Wildman–Crippen LogP) is 14.9. The number of anilines is 6. The number of nitrogens with zero attached hydrogens (tertiary/aromatic N) is 2. The van der Waals surface area contributed by atoms with Gasteiger partial charge in [0.1, 0.15) is 0 Å². The number of para-hydroxylation sites is 2. The summed E-state index contributed by atoms with van der Waals surface area (Å²) in [4.78, 5) is 5.16. The van der Waals surface area contributed by atoms with E-state index in [1.165, 1.54) is 94.5 Å². The number of hydrogen-bond acceptors (Lipinski definition) is 2. The minimum atomic E-state index is -0.264. The molecule has 0 aliphatic carbocycles. The van der Waals surface area contributed by atoms with Crippen LogP contribution < -0.4 is 9.80 Å². The Kier molecular flexibility index (Phi) is 6.80. The van der Waals surface area contributed by atoms with Gasteiger partial charge in [-0.2, -0.15) is 0 Å². The molecule has 3 heterocycles. The Morgan fingerprint density at radius 2 is 0.945 bits per heavy atom. The second-order valence-corrected chi connectivity index (χ2v) is 19.0.